The molecule has 0 aliphatic carbocycles. The molecule has 0 aliphatic heterocycles. The quantitative estimate of drug-likeness (QED) is 0.328. The molecule has 7 nitrogen and oxygen atoms in total. The maximum Gasteiger partial charge on any atom is 0.344 e. The topological polar surface area (TPSA) is 90.6 Å². The lowest BCUT2D eigenvalue weighted by Gasteiger charge is -2.12. The maximum atomic E-state index is 13.2. The standard InChI is InChI=1S/C22H20N4O3/c1-14-7-6-11-26-19(14)24-20-17(21(26)27)13-16(22(28)29-2)18(23)25(20)12-10-15-8-4-3-5-9-15/h3-9,11,13,23H,10,12H2,1-2H3/p+1. The number of rotatable bonds is 4. The number of nitrogens with two attached hydrogens (primary N) is 1. The molecule has 0 saturated carbocycles. The van der Waals surface area contributed by atoms with Crippen molar-refractivity contribution in [2.45, 2.75) is 19.9 Å². The Kier molecular flexibility index (Phi) is 4.72. The fraction of sp³-hybridized carbons (Fsp3) is 0.182. The van der Waals surface area contributed by atoms with Gasteiger partial charge < -0.3 is 10.5 Å². The first-order chi connectivity index (χ1) is 14.0. The molecule has 0 atom stereocenters. The van der Waals surface area contributed by atoms with Crippen LogP contribution in [0.4, 0.5) is 5.82 Å². The van der Waals surface area contributed by atoms with Crippen LogP contribution in [0.3, 0.4) is 0 Å². The molecule has 0 unspecified atom stereocenters. The van der Waals surface area contributed by atoms with Gasteiger partial charge in [0.2, 0.25) is 11.5 Å². The van der Waals surface area contributed by atoms with Crippen molar-refractivity contribution in [3.05, 3.63) is 81.8 Å². The third-order valence-electron chi connectivity index (χ3n) is 5.05. The van der Waals surface area contributed by atoms with E-state index in [2.05, 4.69) is 0 Å². The summed E-state index contributed by atoms with van der Waals surface area (Å²) in [6, 6.07) is 15.1. The number of ether oxygens (including phenoxy) is 1. The third kappa shape index (κ3) is 3.20. The molecule has 0 aliphatic rings. The molecule has 0 spiro atoms. The fourth-order valence-electron chi connectivity index (χ4n) is 3.50. The number of esters is 1. The number of pyridine rings is 2. The van der Waals surface area contributed by atoms with Crippen LogP contribution in [0.2, 0.25) is 0 Å². The van der Waals surface area contributed by atoms with Gasteiger partial charge in [-0.1, -0.05) is 41.4 Å². The molecular weight excluding hydrogens is 368 g/mol. The molecule has 0 bridgehead atoms. The molecule has 29 heavy (non-hydrogen) atoms. The first kappa shape index (κ1) is 18.6. The van der Waals surface area contributed by atoms with Crippen LogP contribution < -0.4 is 15.9 Å². The summed E-state index contributed by atoms with van der Waals surface area (Å²) in [6.45, 7) is 2.36. The smallest absolute Gasteiger partial charge is 0.344 e. The molecule has 1 aromatic carbocycles. The molecule has 7 heteroatoms. The minimum absolute atomic E-state index is 0.152. The minimum atomic E-state index is -0.591. The molecule has 0 amide bonds. The van der Waals surface area contributed by atoms with Crippen LogP contribution in [0, 0.1) is 6.92 Å². The minimum Gasteiger partial charge on any atom is -0.465 e. The Hall–Kier alpha value is -3.74. The Balaban J connectivity index is 2.00. The van der Waals surface area contributed by atoms with Crippen LogP contribution in [-0.2, 0) is 17.7 Å². The normalized spacial score (nSPS) is 11.1. The van der Waals surface area contributed by atoms with E-state index in [9.17, 15) is 9.59 Å². The zero-order chi connectivity index (χ0) is 20.5. The predicted octanol–water partition coefficient (Wildman–Crippen LogP) is 2.06. The van der Waals surface area contributed by atoms with Crippen molar-refractivity contribution in [1.82, 2.24) is 9.38 Å². The number of fused-ring (bicyclic) bond motifs is 2. The third-order valence-corrected chi connectivity index (χ3v) is 5.05. The highest BCUT2D eigenvalue weighted by molar-refractivity contribution is 5.96. The predicted molar refractivity (Wildman–Crippen MR) is 110 cm³/mol. The van der Waals surface area contributed by atoms with Crippen molar-refractivity contribution < 1.29 is 14.1 Å². The molecule has 146 valence electrons. The number of methoxy groups -OCH3 is 1. The molecule has 3 heterocycles. The van der Waals surface area contributed by atoms with E-state index >= 15 is 0 Å². The van der Waals surface area contributed by atoms with Crippen molar-refractivity contribution in [3.8, 4) is 0 Å². The Morgan fingerprint density at radius 2 is 1.97 bits per heavy atom. The Morgan fingerprint density at radius 3 is 2.69 bits per heavy atom. The van der Waals surface area contributed by atoms with Gasteiger partial charge in [0.25, 0.3) is 11.2 Å². The summed E-state index contributed by atoms with van der Waals surface area (Å²) >= 11 is 0. The lowest BCUT2D eigenvalue weighted by molar-refractivity contribution is -0.658. The number of hydrogen-bond donors (Lipinski definition) is 1. The number of nitrogens with zero attached hydrogens (tertiary/aromatic N) is 3. The first-order valence-electron chi connectivity index (χ1n) is 9.27. The van der Waals surface area contributed by atoms with Crippen molar-refractivity contribution in [3.63, 3.8) is 0 Å². The van der Waals surface area contributed by atoms with Gasteiger partial charge in [-0.05, 0) is 24.6 Å². The number of anilines is 1. The van der Waals surface area contributed by atoms with Crippen LogP contribution >= 0.6 is 0 Å². The van der Waals surface area contributed by atoms with Crippen molar-refractivity contribution in [1.29, 1.82) is 0 Å². The van der Waals surface area contributed by atoms with E-state index in [1.54, 1.807) is 16.8 Å². The second-order valence-corrected chi connectivity index (χ2v) is 6.86. The van der Waals surface area contributed by atoms with Gasteiger partial charge in [-0.25, -0.2) is 9.36 Å². The van der Waals surface area contributed by atoms with Crippen LogP contribution in [0.15, 0.2) is 59.5 Å². The van der Waals surface area contributed by atoms with Crippen molar-refractivity contribution >= 4 is 28.5 Å². The van der Waals surface area contributed by atoms with Gasteiger partial charge in [0.05, 0.1) is 13.7 Å². The van der Waals surface area contributed by atoms with Crippen LogP contribution in [0.1, 0.15) is 21.5 Å². The average molecular weight is 389 g/mol. The molecule has 4 aromatic rings. The molecule has 2 N–H and O–H groups in total. The summed E-state index contributed by atoms with van der Waals surface area (Å²) in [6.07, 6.45) is 2.34. The van der Waals surface area contributed by atoms with Crippen molar-refractivity contribution in [2.75, 3.05) is 12.8 Å². The van der Waals surface area contributed by atoms with Gasteiger partial charge in [-0.3, -0.25) is 9.20 Å². The van der Waals surface area contributed by atoms with Gasteiger partial charge in [-0.15, -0.1) is 0 Å². The van der Waals surface area contributed by atoms with E-state index in [0.29, 0.717) is 29.6 Å². The summed E-state index contributed by atoms with van der Waals surface area (Å²) in [7, 11) is 1.29. The maximum absolute atomic E-state index is 13.2. The number of hydrogen-bond acceptors (Lipinski definition) is 5. The summed E-state index contributed by atoms with van der Waals surface area (Å²) in [5.74, 6) is -0.364. The highest BCUT2D eigenvalue weighted by atomic mass is 16.5. The van der Waals surface area contributed by atoms with E-state index in [1.807, 2.05) is 43.3 Å². The molecule has 0 radical (unpaired) electrons. The van der Waals surface area contributed by atoms with Gasteiger partial charge in [-0.2, -0.15) is 0 Å². The van der Waals surface area contributed by atoms with Gasteiger partial charge in [0, 0.05) is 18.2 Å². The molecule has 3 aromatic heterocycles. The van der Waals surface area contributed by atoms with Crippen LogP contribution in [0.5, 0.6) is 0 Å². The van der Waals surface area contributed by atoms with E-state index in [4.69, 9.17) is 15.5 Å². The van der Waals surface area contributed by atoms with Crippen LogP contribution in [-0.4, -0.2) is 22.5 Å². The zero-order valence-corrected chi connectivity index (χ0v) is 16.3. The Bertz CT molecular complexity index is 1300. The van der Waals surface area contributed by atoms with Crippen molar-refractivity contribution in [2.24, 2.45) is 0 Å². The second-order valence-electron chi connectivity index (χ2n) is 6.86. The number of benzene rings is 1. The lowest BCUT2D eigenvalue weighted by Crippen LogP contribution is -2.42. The molecule has 0 fully saturated rings. The zero-order valence-electron chi connectivity index (χ0n) is 16.3. The Morgan fingerprint density at radius 1 is 1.21 bits per heavy atom. The number of carbonyl (C=O) groups excluding carboxylic acids is 1. The summed E-state index contributed by atoms with van der Waals surface area (Å²) in [4.78, 5) is 30.2. The van der Waals surface area contributed by atoms with Gasteiger partial charge >= 0.3 is 5.97 Å². The van der Waals surface area contributed by atoms with Gasteiger partial charge in [0.1, 0.15) is 10.9 Å². The van der Waals surface area contributed by atoms with E-state index in [0.717, 1.165) is 11.1 Å². The summed E-state index contributed by atoms with van der Waals surface area (Å²) in [5.41, 5.74) is 9.23. The average Bonchev–Trinajstić information content (AvgIpc) is 2.74. The van der Waals surface area contributed by atoms with E-state index < -0.39 is 5.97 Å². The lowest BCUT2D eigenvalue weighted by atomic mass is 10.1. The number of aryl methyl sites for hydroxylation is 3. The van der Waals surface area contributed by atoms with Gasteiger partial charge in [0.15, 0.2) is 0 Å². The monoisotopic (exact) mass is 389 g/mol. The van der Waals surface area contributed by atoms with E-state index in [1.165, 1.54) is 17.6 Å². The highest BCUT2D eigenvalue weighted by Gasteiger charge is 2.25. The Labute approximate surface area is 167 Å². The molecular formula is C22H21N4O3+. The number of nitrogen functional groups attached to an aromatic ring is 1. The molecule has 4 rings (SSSR count). The van der Waals surface area contributed by atoms with E-state index in [-0.39, 0.29) is 16.9 Å². The number of carbonyl (C=O) groups is 1. The van der Waals surface area contributed by atoms with Crippen LogP contribution in [0.25, 0.3) is 16.7 Å². The summed E-state index contributed by atoms with van der Waals surface area (Å²) < 4.78 is 8.08. The molecule has 0 saturated heterocycles. The fourth-order valence-corrected chi connectivity index (χ4v) is 3.50. The second kappa shape index (κ2) is 7.35. The summed E-state index contributed by atoms with van der Waals surface area (Å²) in [5, 5.41) is 0.316. The number of aromatic nitrogens is 3. The largest absolute Gasteiger partial charge is 0.465 e. The first-order valence-corrected chi connectivity index (χ1v) is 9.27. The highest BCUT2D eigenvalue weighted by Crippen LogP contribution is 2.17. The SMILES string of the molecule is COC(=O)c1cc2c(=O)n3cccc(C)c3nc2[n+](CCc2ccccc2)c1N.